The van der Waals surface area contributed by atoms with Crippen LogP contribution in [0.15, 0.2) is 84.3 Å². The highest BCUT2D eigenvalue weighted by Gasteiger charge is 2.22. The Balaban J connectivity index is 1.65. The Hall–Kier alpha value is -3.65. The van der Waals surface area contributed by atoms with E-state index in [0.717, 1.165) is 22.7 Å². The van der Waals surface area contributed by atoms with Crippen LogP contribution in [0, 0.1) is 0 Å². The van der Waals surface area contributed by atoms with Gasteiger partial charge < -0.3 is 9.64 Å². The molecule has 4 rings (SSSR count). The van der Waals surface area contributed by atoms with Crippen LogP contribution >= 0.6 is 11.8 Å². The second kappa shape index (κ2) is 10.3. The fraction of sp³-hybridized carbons (Fsp3) is 0.200. The average molecular weight is 460 g/mol. The Kier molecular flexibility index (Phi) is 7.04. The van der Waals surface area contributed by atoms with E-state index in [2.05, 4.69) is 15.2 Å². The highest BCUT2D eigenvalue weighted by molar-refractivity contribution is 7.99. The van der Waals surface area contributed by atoms with Crippen molar-refractivity contribution in [3.8, 4) is 22.8 Å². The highest BCUT2D eigenvalue weighted by atomic mass is 32.2. The number of ether oxygens (including phenoxy) is 1. The van der Waals surface area contributed by atoms with Gasteiger partial charge in [0.1, 0.15) is 5.75 Å². The molecule has 0 spiro atoms. The van der Waals surface area contributed by atoms with Crippen molar-refractivity contribution in [2.24, 2.45) is 0 Å². The number of nitrogens with zero attached hydrogens (tertiary/aromatic N) is 5. The normalized spacial score (nSPS) is 10.9. The lowest BCUT2D eigenvalue weighted by Crippen LogP contribution is -2.38. The number of hydrogen-bond donors (Lipinski definition) is 0. The van der Waals surface area contributed by atoms with Gasteiger partial charge in [0.2, 0.25) is 5.91 Å². The summed E-state index contributed by atoms with van der Waals surface area (Å²) >= 11 is 1.37. The van der Waals surface area contributed by atoms with Crippen molar-refractivity contribution in [1.82, 2.24) is 19.7 Å². The second-order valence-electron chi connectivity index (χ2n) is 7.56. The SMILES string of the molecule is COc1ccc(-n2c(SCC(=O)N(c3ccccc3)C(C)C)nnc2-c2ccncc2)cc1. The topological polar surface area (TPSA) is 73.1 Å². The molecule has 2 heterocycles. The number of para-hydroxylation sites is 1. The Bertz CT molecular complexity index is 1190. The maximum Gasteiger partial charge on any atom is 0.237 e. The molecule has 0 saturated heterocycles. The molecule has 4 aromatic rings. The molecule has 0 aliphatic heterocycles. The molecule has 0 unspecified atom stereocenters. The lowest BCUT2D eigenvalue weighted by molar-refractivity contribution is -0.116. The third-order valence-electron chi connectivity index (χ3n) is 5.05. The number of amides is 1. The molecular weight excluding hydrogens is 434 g/mol. The Morgan fingerprint density at radius 2 is 1.70 bits per heavy atom. The van der Waals surface area contributed by atoms with Gasteiger partial charge in [0, 0.05) is 35.4 Å². The summed E-state index contributed by atoms with van der Waals surface area (Å²) in [6.07, 6.45) is 3.44. The van der Waals surface area contributed by atoms with Crippen molar-refractivity contribution in [2.45, 2.75) is 25.0 Å². The van der Waals surface area contributed by atoms with Crippen LogP contribution in [0.25, 0.3) is 17.1 Å². The number of aromatic nitrogens is 4. The molecule has 2 aromatic carbocycles. The van der Waals surface area contributed by atoms with E-state index in [4.69, 9.17) is 4.74 Å². The van der Waals surface area contributed by atoms with Gasteiger partial charge in [-0.3, -0.25) is 14.3 Å². The van der Waals surface area contributed by atoms with E-state index in [1.54, 1.807) is 19.5 Å². The summed E-state index contributed by atoms with van der Waals surface area (Å²) in [6.45, 7) is 4.02. The van der Waals surface area contributed by atoms with Crippen LogP contribution in [-0.2, 0) is 4.79 Å². The van der Waals surface area contributed by atoms with Crippen LogP contribution in [-0.4, -0.2) is 44.6 Å². The predicted molar refractivity (Wildman–Crippen MR) is 131 cm³/mol. The predicted octanol–water partition coefficient (Wildman–Crippen LogP) is 4.87. The standard InChI is InChI=1S/C25H25N5O2S/c1-18(2)29(20-7-5-4-6-8-20)23(31)17-33-25-28-27-24(19-13-15-26-16-14-19)30(25)21-9-11-22(32-3)12-10-21/h4-16,18H,17H2,1-3H3. The first-order valence-electron chi connectivity index (χ1n) is 10.6. The average Bonchev–Trinajstić information content (AvgIpc) is 3.28. The van der Waals surface area contributed by atoms with E-state index in [1.165, 1.54) is 11.8 Å². The van der Waals surface area contributed by atoms with E-state index >= 15 is 0 Å². The minimum absolute atomic E-state index is 0.0101. The van der Waals surface area contributed by atoms with Crippen LogP contribution in [0.5, 0.6) is 5.75 Å². The number of hydrogen-bond acceptors (Lipinski definition) is 6. The third-order valence-corrected chi connectivity index (χ3v) is 5.96. The van der Waals surface area contributed by atoms with Crippen LogP contribution < -0.4 is 9.64 Å². The van der Waals surface area contributed by atoms with Crippen LogP contribution in [0.3, 0.4) is 0 Å². The summed E-state index contributed by atoms with van der Waals surface area (Å²) in [5, 5.41) is 9.48. The molecule has 0 N–H and O–H groups in total. The zero-order valence-electron chi connectivity index (χ0n) is 18.8. The van der Waals surface area contributed by atoms with Crippen molar-refractivity contribution in [1.29, 1.82) is 0 Å². The Labute approximate surface area is 197 Å². The van der Waals surface area contributed by atoms with E-state index in [1.807, 2.05) is 90.0 Å². The number of carbonyl (C=O) groups is 1. The summed E-state index contributed by atoms with van der Waals surface area (Å²) in [5.74, 6) is 1.69. The zero-order valence-corrected chi connectivity index (χ0v) is 19.6. The Morgan fingerprint density at radius 1 is 1.00 bits per heavy atom. The van der Waals surface area contributed by atoms with Crippen LogP contribution in [0.2, 0.25) is 0 Å². The summed E-state index contributed by atoms with van der Waals surface area (Å²) in [4.78, 5) is 19.1. The number of benzene rings is 2. The summed E-state index contributed by atoms with van der Waals surface area (Å²) in [5.41, 5.74) is 2.65. The smallest absolute Gasteiger partial charge is 0.237 e. The van der Waals surface area contributed by atoms with Crippen molar-refractivity contribution in [2.75, 3.05) is 17.8 Å². The molecule has 0 fully saturated rings. The molecule has 0 aliphatic rings. The molecule has 8 heteroatoms. The van der Waals surface area contributed by atoms with E-state index in [0.29, 0.717) is 11.0 Å². The monoisotopic (exact) mass is 459 g/mol. The van der Waals surface area contributed by atoms with E-state index in [-0.39, 0.29) is 17.7 Å². The Morgan fingerprint density at radius 3 is 2.33 bits per heavy atom. The third kappa shape index (κ3) is 5.06. The minimum atomic E-state index is 0.0101. The molecule has 2 aromatic heterocycles. The molecule has 0 aliphatic carbocycles. The first-order chi connectivity index (χ1) is 16.1. The maximum atomic E-state index is 13.2. The van der Waals surface area contributed by atoms with E-state index in [9.17, 15) is 4.79 Å². The largest absolute Gasteiger partial charge is 0.497 e. The number of thioether (sulfide) groups is 1. The summed E-state index contributed by atoms with van der Waals surface area (Å²) in [7, 11) is 1.64. The van der Waals surface area contributed by atoms with Gasteiger partial charge in [-0.15, -0.1) is 10.2 Å². The molecule has 168 valence electrons. The first-order valence-corrected chi connectivity index (χ1v) is 11.6. The van der Waals surface area contributed by atoms with Crippen LogP contribution in [0.1, 0.15) is 13.8 Å². The molecule has 33 heavy (non-hydrogen) atoms. The summed E-state index contributed by atoms with van der Waals surface area (Å²) in [6, 6.07) is 21.2. The molecule has 7 nitrogen and oxygen atoms in total. The van der Waals surface area contributed by atoms with Gasteiger partial charge in [0.15, 0.2) is 11.0 Å². The minimum Gasteiger partial charge on any atom is -0.497 e. The number of rotatable bonds is 8. The fourth-order valence-electron chi connectivity index (χ4n) is 3.53. The van der Waals surface area contributed by atoms with Gasteiger partial charge in [-0.05, 0) is 62.4 Å². The number of methoxy groups -OCH3 is 1. The summed E-state index contributed by atoms with van der Waals surface area (Å²) < 4.78 is 7.25. The van der Waals surface area contributed by atoms with E-state index < -0.39 is 0 Å². The van der Waals surface area contributed by atoms with Gasteiger partial charge >= 0.3 is 0 Å². The highest BCUT2D eigenvalue weighted by Crippen LogP contribution is 2.29. The molecular formula is C25H25N5O2S. The van der Waals surface area contributed by atoms with Gasteiger partial charge in [-0.1, -0.05) is 30.0 Å². The zero-order chi connectivity index (χ0) is 23.2. The van der Waals surface area contributed by atoms with Crippen molar-refractivity contribution >= 4 is 23.4 Å². The van der Waals surface area contributed by atoms with Gasteiger partial charge in [-0.2, -0.15) is 0 Å². The molecule has 0 atom stereocenters. The van der Waals surface area contributed by atoms with Crippen molar-refractivity contribution in [3.63, 3.8) is 0 Å². The molecule has 0 saturated carbocycles. The van der Waals surface area contributed by atoms with Gasteiger partial charge in [0.25, 0.3) is 0 Å². The van der Waals surface area contributed by atoms with Crippen molar-refractivity contribution < 1.29 is 9.53 Å². The van der Waals surface area contributed by atoms with Gasteiger partial charge in [-0.25, -0.2) is 0 Å². The van der Waals surface area contributed by atoms with Gasteiger partial charge in [0.05, 0.1) is 12.9 Å². The fourth-order valence-corrected chi connectivity index (χ4v) is 4.34. The van der Waals surface area contributed by atoms with Crippen LogP contribution in [0.4, 0.5) is 5.69 Å². The number of pyridine rings is 1. The number of carbonyl (C=O) groups excluding carboxylic acids is 1. The molecule has 1 amide bonds. The molecule has 0 bridgehead atoms. The molecule has 0 radical (unpaired) electrons. The van der Waals surface area contributed by atoms with Crippen molar-refractivity contribution in [3.05, 3.63) is 79.1 Å². The lowest BCUT2D eigenvalue weighted by Gasteiger charge is -2.26. The first kappa shape index (κ1) is 22.5. The maximum absolute atomic E-state index is 13.2. The lowest BCUT2D eigenvalue weighted by atomic mass is 10.2. The quantitative estimate of drug-likeness (QED) is 0.350. The second-order valence-corrected chi connectivity index (χ2v) is 8.50. The number of anilines is 1.